The zero-order valence-corrected chi connectivity index (χ0v) is 13.8. The molecule has 0 aromatic carbocycles. The van der Waals surface area contributed by atoms with Crippen molar-refractivity contribution in [3.63, 3.8) is 0 Å². The van der Waals surface area contributed by atoms with Gasteiger partial charge in [0, 0.05) is 45.0 Å². The van der Waals surface area contributed by atoms with Crippen molar-refractivity contribution >= 4 is 0 Å². The average molecular weight is 352 g/mol. The number of piperidine rings is 1. The largest absolute Gasteiger partial charge is 0.433 e. The van der Waals surface area contributed by atoms with Crippen LogP contribution in [0.1, 0.15) is 23.5 Å². The molecule has 0 spiro atoms. The molecule has 2 bridgehead atoms. The predicted octanol–water partition coefficient (Wildman–Crippen LogP) is 1.69. The van der Waals surface area contributed by atoms with Gasteiger partial charge in [0.1, 0.15) is 17.8 Å². The molecule has 0 saturated carbocycles. The molecule has 3 fully saturated rings. The Balaban J connectivity index is 1.34. The van der Waals surface area contributed by atoms with Crippen molar-refractivity contribution in [3.8, 4) is 0 Å². The molecule has 0 N–H and O–H groups in total. The fourth-order valence-electron chi connectivity index (χ4n) is 3.73. The minimum atomic E-state index is -4.38. The normalized spacial score (nSPS) is 24.3. The highest BCUT2D eigenvalue weighted by atomic mass is 19.4. The van der Waals surface area contributed by atoms with Crippen LogP contribution in [0.15, 0.2) is 24.7 Å². The molecular formula is C16H19F3N6. The molecule has 6 nitrogen and oxygen atoms in total. The van der Waals surface area contributed by atoms with E-state index in [1.165, 1.54) is 18.7 Å². The van der Waals surface area contributed by atoms with Crippen molar-refractivity contribution in [3.05, 3.63) is 41.7 Å². The second-order valence-electron chi connectivity index (χ2n) is 6.76. The number of piperazine rings is 1. The third-order valence-corrected chi connectivity index (χ3v) is 5.07. The minimum Gasteiger partial charge on any atom is -0.296 e. The fourth-order valence-corrected chi connectivity index (χ4v) is 3.73. The summed E-state index contributed by atoms with van der Waals surface area (Å²) in [5.74, 6) is 0.954. The van der Waals surface area contributed by atoms with Gasteiger partial charge < -0.3 is 0 Å². The second kappa shape index (κ2) is 6.06. The Morgan fingerprint density at radius 1 is 1.12 bits per heavy atom. The summed E-state index contributed by atoms with van der Waals surface area (Å²) in [5, 5.41) is 4.10. The zero-order chi connectivity index (χ0) is 17.6. The lowest BCUT2D eigenvalue weighted by Gasteiger charge is -2.56. The van der Waals surface area contributed by atoms with Crippen LogP contribution in [0.5, 0.6) is 0 Å². The fraction of sp³-hybridized carbons (Fsp3) is 0.562. The van der Waals surface area contributed by atoms with Crippen LogP contribution < -0.4 is 0 Å². The Morgan fingerprint density at radius 3 is 2.44 bits per heavy atom. The van der Waals surface area contributed by atoms with Crippen molar-refractivity contribution in [2.75, 3.05) is 13.1 Å². The monoisotopic (exact) mass is 352 g/mol. The maximum absolute atomic E-state index is 12.6. The molecule has 3 aliphatic rings. The number of alkyl halides is 3. The summed E-state index contributed by atoms with van der Waals surface area (Å²) in [6.07, 6.45) is -0.319. The second-order valence-corrected chi connectivity index (χ2v) is 6.76. The van der Waals surface area contributed by atoms with Crippen LogP contribution in [0.25, 0.3) is 0 Å². The Morgan fingerprint density at radius 2 is 1.88 bits per heavy atom. The van der Waals surface area contributed by atoms with Crippen molar-refractivity contribution in [1.82, 2.24) is 29.5 Å². The Kier molecular flexibility index (Phi) is 3.99. The van der Waals surface area contributed by atoms with E-state index in [4.69, 9.17) is 0 Å². The maximum atomic E-state index is 12.6. The van der Waals surface area contributed by atoms with Crippen LogP contribution in [0.4, 0.5) is 13.2 Å². The molecule has 0 radical (unpaired) electrons. The molecule has 2 aromatic rings. The molecular weight excluding hydrogens is 333 g/mol. The van der Waals surface area contributed by atoms with Crippen LogP contribution in [0.2, 0.25) is 0 Å². The van der Waals surface area contributed by atoms with Crippen molar-refractivity contribution in [2.45, 2.75) is 37.8 Å². The van der Waals surface area contributed by atoms with Gasteiger partial charge in [-0.3, -0.25) is 19.5 Å². The number of aromatic nitrogens is 4. The highest BCUT2D eigenvalue weighted by Gasteiger charge is 2.44. The third kappa shape index (κ3) is 3.25. The van der Waals surface area contributed by atoms with Crippen LogP contribution in [-0.2, 0) is 26.3 Å². The number of fused-ring (bicyclic) bond motifs is 2. The number of aryl methyl sites for hydroxylation is 1. The highest BCUT2D eigenvalue weighted by molar-refractivity contribution is 5.16. The van der Waals surface area contributed by atoms with Crippen LogP contribution in [0, 0.1) is 0 Å². The van der Waals surface area contributed by atoms with Gasteiger partial charge in [0.05, 0.1) is 6.54 Å². The van der Waals surface area contributed by atoms with E-state index in [9.17, 15) is 13.2 Å². The lowest BCUT2D eigenvalue weighted by Crippen LogP contribution is -2.67. The molecule has 2 atom stereocenters. The third-order valence-electron chi connectivity index (χ3n) is 5.07. The van der Waals surface area contributed by atoms with E-state index in [-0.39, 0.29) is 0 Å². The molecule has 5 heterocycles. The summed E-state index contributed by atoms with van der Waals surface area (Å²) in [7, 11) is 1.89. The summed E-state index contributed by atoms with van der Waals surface area (Å²) < 4.78 is 39.5. The highest BCUT2D eigenvalue weighted by Crippen LogP contribution is 2.34. The van der Waals surface area contributed by atoms with E-state index < -0.39 is 11.9 Å². The number of rotatable bonds is 4. The molecule has 2 unspecified atom stereocenters. The first-order valence-electron chi connectivity index (χ1n) is 8.23. The van der Waals surface area contributed by atoms with Gasteiger partial charge in [-0.2, -0.15) is 18.3 Å². The Labute approximate surface area is 143 Å². The number of nitrogens with zero attached hydrogens (tertiary/aromatic N) is 6. The van der Waals surface area contributed by atoms with Gasteiger partial charge in [-0.1, -0.05) is 6.07 Å². The molecule has 134 valence electrons. The molecule has 9 heteroatoms. The SMILES string of the molecule is Cn1ncnc1CN1C2CC1CN(Cc1ccc(C(F)(F)F)nc1)C2. The van der Waals surface area contributed by atoms with Crippen LogP contribution in [-0.4, -0.2) is 54.7 Å². The van der Waals surface area contributed by atoms with Crippen LogP contribution >= 0.6 is 0 Å². The Bertz CT molecular complexity index is 729. The van der Waals surface area contributed by atoms with Gasteiger partial charge >= 0.3 is 6.18 Å². The predicted molar refractivity (Wildman–Crippen MR) is 83.3 cm³/mol. The molecule has 3 aliphatic heterocycles. The maximum Gasteiger partial charge on any atom is 0.433 e. The average Bonchev–Trinajstić information content (AvgIpc) is 2.97. The summed E-state index contributed by atoms with van der Waals surface area (Å²) in [4.78, 5) is 12.5. The summed E-state index contributed by atoms with van der Waals surface area (Å²) in [6.45, 7) is 3.25. The number of pyridine rings is 1. The summed E-state index contributed by atoms with van der Waals surface area (Å²) in [6, 6.07) is 3.52. The first-order chi connectivity index (χ1) is 11.9. The zero-order valence-electron chi connectivity index (χ0n) is 13.8. The topological polar surface area (TPSA) is 50.1 Å². The quantitative estimate of drug-likeness (QED) is 0.838. The summed E-state index contributed by atoms with van der Waals surface area (Å²) >= 11 is 0. The molecule has 5 rings (SSSR count). The van der Waals surface area contributed by atoms with E-state index in [1.807, 2.05) is 7.05 Å². The van der Waals surface area contributed by atoms with Gasteiger partial charge in [-0.15, -0.1) is 0 Å². The smallest absolute Gasteiger partial charge is 0.296 e. The number of hydrogen-bond donors (Lipinski definition) is 0. The molecule has 0 amide bonds. The van der Waals surface area contributed by atoms with E-state index in [0.717, 1.165) is 37.1 Å². The van der Waals surface area contributed by atoms with Gasteiger partial charge in [-0.05, 0) is 18.1 Å². The Hall–Kier alpha value is -2.00. The molecule has 0 aliphatic carbocycles. The molecule has 25 heavy (non-hydrogen) atoms. The summed E-state index contributed by atoms with van der Waals surface area (Å²) in [5.41, 5.74) is -0.0262. The lowest BCUT2D eigenvalue weighted by atomic mass is 9.87. The molecule has 3 saturated heterocycles. The van der Waals surface area contributed by atoms with Crippen molar-refractivity contribution in [2.24, 2.45) is 7.05 Å². The first-order valence-corrected chi connectivity index (χ1v) is 8.23. The van der Waals surface area contributed by atoms with E-state index in [1.54, 1.807) is 11.0 Å². The van der Waals surface area contributed by atoms with Gasteiger partial charge in [0.2, 0.25) is 0 Å². The van der Waals surface area contributed by atoms with E-state index in [0.29, 0.717) is 18.6 Å². The first kappa shape index (κ1) is 16.5. The lowest BCUT2D eigenvalue weighted by molar-refractivity contribution is -0.141. The van der Waals surface area contributed by atoms with Gasteiger partial charge in [0.15, 0.2) is 0 Å². The van der Waals surface area contributed by atoms with E-state index in [2.05, 4.69) is 24.9 Å². The standard InChI is InChI=1S/C16H19F3N6/c1-23-15(21-10-22-23)9-25-12-4-13(25)8-24(7-12)6-11-2-3-14(20-5-11)16(17,18)19/h2-3,5,10,12-13H,4,6-9H2,1H3. The van der Waals surface area contributed by atoms with E-state index >= 15 is 0 Å². The van der Waals surface area contributed by atoms with Crippen LogP contribution in [0.3, 0.4) is 0 Å². The molecule has 2 aromatic heterocycles. The van der Waals surface area contributed by atoms with Crippen molar-refractivity contribution < 1.29 is 13.2 Å². The van der Waals surface area contributed by atoms with Gasteiger partial charge in [0.25, 0.3) is 0 Å². The van der Waals surface area contributed by atoms with Crippen molar-refractivity contribution in [1.29, 1.82) is 0 Å². The number of hydrogen-bond acceptors (Lipinski definition) is 5. The number of halogens is 3. The van der Waals surface area contributed by atoms with Gasteiger partial charge in [-0.25, -0.2) is 4.98 Å². The minimum absolute atomic E-state index is 0.470.